The fourth-order valence-corrected chi connectivity index (χ4v) is 4.63. The Bertz CT molecular complexity index is 963. The number of hydrogen-bond acceptors (Lipinski definition) is 6. The summed E-state index contributed by atoms with van der Waals surface area (Å²) in [6.07, 6.45) is 1.58. The summed E-state index contributed by atoms with van der Waals surface area (Å²) < 4.78 is 37.8. The van der Waals surface area contributed by atoms with Gasteiger partial charge >= 0.3 is 11.8 Å². The normalized spacial score (nSPS) is 17.4. The highest BCUT2D eigenvalue weighted by Crippen LogP contribution is 2.23. The van der Waals surface area contributed by atoms with E-state index in [1.165, 1.54) is 34.8 Å². The summed E-state index contributed by atoms with van der Waals surface area (Å²) in [5.74, 6) is -0.994. The van der Waals surface area contributed by atoms with Crippen LogP contribution in [-0.2, 0) is 30.8 Å². The molecule has 162 valence electrons. The predicted octanol–water partition coefficient (Wildman–Crippen LogP) is 1.15. The maximum atomic E-state index is 12.9. The van der Waals surface area contributed by atoms with Crippen LogP contribution in [0, 0.1) is 0 Å². The van der Waals surface area contributed by atoms with Gasteiger partial charge in [-0.05, 0) is 42.8 Å². The monoisotopic (exact) mass is 455 g/mol. The van der Waals surface area contributed by atoms with Crippen molar-refractivity contribution in [1.29, 1.82) is 0 Å². The van der Waals surface area contributed by atoms with Gasteiger partial charge in [-0.1, -0.05) is 11.6 Å². The number of halogens is 1. The average molecular weight is 456 g/mol. The molecule has 3 rings (SSSR count). The Kier molecular flexibility index (Phi) is 7.48. The third-order valence-electron chi connectivity index (χ3n) is 4.46. The van der Waals surface area contributed by atoms with Crippen molar-refractivity contribution in [2.45, 2.75) is 24.0 Å². The van der Waals surface area contributed by atoms with E-state index in [-0.39, 0.29) is 24.5 Å². The number of carbonyl (C=O) groups excluding carboxylic acids is 2. The standard InChI is InChI=1S/C19H22ClN3O6S/c20-14-4-6-16(7-5-14)30(26,27)23-10-2-12-29-17(23)13-22-19(25)18(24)21-9-8-15-3-1-11-28-15/h1,3-7,11,17H,2,8-10,12-13H2,(H,21,24)(H,22,25)/t17-/m1/s1. The predicted molar refractivity (Wildman–Crippen MR) is 108 cm³/mol. The minimum Gasteiger partial charge on any atom is -0.469 e. The Morgan fingerprint density at radius 1 is 1.13 bits per heavy atom. The number of carbonyl (C=O) groups is 2. The van der Waals surface area contributed by atoms with Crippen LogP contribution in [-0.4, -0.2) is 57.0 Å². The summed E-state index contributed by atoms with van der Waals surface area (Å²) in [5.41, 5.74) is 0. The molecule has 2 N–H and O–H groups in total. The molecule has 30 heavy (non-hydrogen) atoms. The minimum absolute atomic E-state index is 0.0735. The van der Waals surface area contributed by atoms with E-state index in [4.69, 9.17) is 20.8 Å². The van der Waals surface area contributed by atoms with Gasteiger partial charge in [0.25, 0.3) is 0 Å². The van der Waals surface area contributed by atoms with Gasteiger partial charge in [-0.3, -0.25) is 9.59 Å². The van der Waals surface area contributed by atoms with Crippen LogP contribution in [0.3, 0.4) is 0 Å². The number of sulfonamides is 1. The number of ether oxygens (including phenoxy) is 1. The lowest BCUT2D eigenvalue weighted by Crippen LogP contribution is -2.53. The third-order valence-corrected chi connectivity index (χ3v) is 6.61. The SMILES string of the molecule is O=C(NCCc1ccco1)C(=O)NC[C@H]1OCCCN1S(=O)(=O)c1ccc(Cl)cc1. The molecule has 11 heteroatoms. The van der Waals surface area contributed by atoms with Crippen molar-refractivity contribution in [3.8, 4) is 0 Å². The zero-order valence-electron chi connectivity index (χ0n) is 16.0. The summed E-state index contributed by atoms with van der Waals surface area (Å²) in [5, 5.41) is 5.34. The zero-order chi connectivity index (χ0) is 21.6. The zero-order valence-corrected chi connectivity index (χ0v) is 17.6. The largest absolute Gasteiger partial charge is 0.469 e. The summed E-state index contributed by atoms with van der Waals surface area (Å²) >= 11 is 5.83. The lowest BCUT2D eigenvalue weighted by Gasteiger charge is -2.34. The van der Waals surface area contributed by atoms with E-state index in [2.05, 4.69) is 10.6 Å². The molecule has 0 aliphatic carbocycles. The number of nitrogens with one attached hydrogen (secondary N) is 2. The lowest BCUT2D eigenvalue weighted by molar-refractivity contribution is -0.140. The van der Waals surface area contributed by atoms with Crippen LogP contribution in [0.25, 0.3) is 0 Å². The number of amides is 2. The van der Waals surface area contributed by atoms with Crippen molar-refractivity contribution >= 4 is 33.4 Å². The quantitative estimate of drug-likeness (QED) is 0.604. The van der Waals surface area contributed by atoms with Crippen LogP contribution in [0.15, 0.2) is 52.0 Å². The molecular formula is C19H22ClN3O6S. The number of benzene rings is 1. The highest BCUT2D eigenvalue weighted by Gasteiger charge is 2.34. The van der Waals surface area contributed by atoms with E-state index < -0.39 is 28.1 Å². The molecule has 0 spiro atoms. The van der Waals surface area contributed by atoms with Crippen molar-refractivity contribution < 1.29 is 27.2 Å². The van der Waals surface area contributed by atoms with Gasteiger partial charge in [0.1, 0.15) is 12.0 Å². The first kappa shape index (κ1) is 22.3. The molecule has 1 saturated heterocycles. The van der Waals surface area contributed by atoms with Crippen LogP contribution in [0.1, 0.15) is 12.2 Å². The fraction of sp³-hybridized carbons (Fsp3) is 0.368. The third kappa shape index (κ3) is 5.60. The Balaban J connectivity index is 1.55. The van der Waals surface area contributed by atoms with E-state index in [1.54, 1.807) is 12.1 Å². The van der Waals surface area contributed by atoms with Crippen molar-refractivity contribution in [3.63, 3.8) is 0 Å². The van der Waals surface area contributed by atoms with Crippen molar-refractivity contribution in [3.05, 3.63) is 53.4 Å². The second kappa shape index (κ2) is 10.1. The van der Waals surface area contributed by atoms with Gasteiger partial charge in [-0.15, -0.1) is 0 Å². The molecule has 1 aliphatic rings. The average Bonchev–Trinajstić information content (AvgIpc) is 3.26. The smallest absolute Gasteiger partial charge is 0.309 e. The van der Waals surface area contributed by atoms with E-state index in [0.717, 1.165) is 0 Å². The molecule has 1 fully saturated rings. The molecule has 1 aliphatic heterocycles. The van der Waals surface area contributed by atoms with Crippen LogP contribution >= 0.6 is 11.6 Å². The number of nitrogens with zero attached hydrogens (tertiary/aromatic N) is 1. The van der Waals surface area contributed by atoms with Gasteiger partial charge in [0.15, 0.2) is 0 Å². The summed E-state index contributed by atoms with van der Waals surface area (Å²) in [7, 11) is -3.85. The van der Waals surface area contributed by atoms with Crippen LogP contribution in [0.5, 0.6) is 0 Å². The molecule has 2 aromatic rings. The molecule has 2 heterocycles. The number of furan rings is 1. The molecule has 2 amide bonds. The molecule has 0 unspecified atom stereocenters. The molecule has 1 aromatic carbocycles. The van der Waals surface area contributed by atoms with Gasteiger partial charge < -0.3 is 19.8 Å². The first-order valence-electron chi connectivity index (χ1n) is 9.35. The van der Waals surface area contributed by atoms with E-state index in [0.29, 0.717) is 30.2 Å². The molecule has 9 nitrogen and oxygen atoms in total. The Labute approximate surface area is 179 Å². The summed E-state index contributed by atoms with van der Waals surface area (Å²) in [4.78, 5) is 24.1. The molecule has 0 bridgehead atoms. The van der Waals surface area contributed by atoms with Gasteiger partial charge in [-0.2, -0.15) is 4.31 Å². The molecule has 1 aromatic heterocycles. The van der Waals surface area contributed by atoms with Crippen LogP contribution < -0.4 is 10.6 Å². The van der Waals surface area contributed by atoms with Gasteiger partial charge in [0.2, 0.25) is 10.0 Å². The second-order valence-electron chi connectivity index (χ2n) is 6.54. The Morgan fingerprint density at radius 2 is 1.87 bits per heavy atom. The van der Waals surface area contributed by atoms with Crippen molar-refractivity contribution in [1.82, 2.24) is 14.9 Å². The minimum atomic E-state index is -3.85. The summed E-state index contributed by atoms with van der Waals surface area (Å²) in [6, 6.07) is 9.30. The molecular weight excluding hydrogens is 434 g/mol. The maximum absolute atomic E-state index is 12.9. The number of hydrogen-bond donors (Lipinski definition) is 2. The Morgan fingerprint density at radius 3 is 2.57 bits per heavy atom. The van der Waals surface area contributed by atoms with Crippen molar-refractivity contribution in [2.24, 2.45) is 0 Å². The topological polar surface area (TPSA) is 118 Å². The van der Waals surface area contributed by atoms with E-state index in [1.807, 2.05) is 0 Å². The number of rotatable bonds is 7. The van der Waals surface area contributed by atoms with Gasteiger partial charge in [0, 0.05) is 24.5 Å². The van der Waals surface area contributed by atoms with Crippen molar-refractivity contribution in [2.75, 3.05) is 26.2 Å². The highest BCUT2D eigenvalue weighted by atomic mass is 35.5. The van der Waals surface area contributed by atoms with E-state index in [9.17, 15) is 18.0 Å². The molecule has 1 atom stereocenters. The van der Waals surface area contributed by atoms with Crippen LogP contribution in [0.4, 0.5) is 0 Å². The first-order chi connectivity index (χ1) is 14.4. The van der Waals surface area contributed by atoms with Gasteiger partial charge in [0.05, 0.1) is 24.3 Å². The second-order valence-corrected chi connectivity index (χ2v) is 8.87. The lowest BCUT2D eigenvalue weighted by atomic mass is 10.3. The van der Waals surface area contributed by atoms with Crippen LogP contribution in [0.2, 0.25) is 5.02 Å². The maximum Gasteiger partial charge on any atom is 0.309 e. The molecule has 0 radical (unpaired) electrons. The van der Waals surface area contributed by atoms with Gasteiger partial charge in [-0.25, -0.2) is 8.42 Å². The Hall–Kier alpha value is -2.40. The molecule has 0 saturated carbocycles. The summed E-state index contributed by atoms with van der Waals surface area (Å²) in [6.45, 7) is 0.664. The first-order valence-corrected chi connectivity index (χ1v) is 11.2. The fourth-order valence-electron chi connectivity index (χ4n) is 2.94. The van der Waals surface area contributed by atoms with E-state index >= 15 is 0 Å². The highest BCUT2D eigenvalue weighted by molar-refractivity contribution is 7.89.